The topological polar surface area (TPSA) is 47.1 Å². The number of likely N-dealkylation sites (N-methyl/N-ethyl adjacent to an activating group) is 1. The SMILES string of the molecule is CCN(c1ccc(C)cc1)C(CN)c1cnn(C)c1C. The number of aryl methyl sites for hydroxylation is 2. The molecule has 0 fully saturated rings. The van der Waals surface area contributed by atoms with Crippen LogP contribution in [0.4, 0.5) is 5.69 Å². The van der Waals surface area contributed by atoms with Crippen molar-refractivity contribution in [3.63, 3.8) is 0 Å². The number of anilines is 1. The van der Waals surface area contributed by atoms with Gasteiger partial charge in [0.25, 0.3) is 0 Å². The third-order valence-corrected chi connectivity index (χ3v) is 3.94. The molecule has 1 aromatic heterocycles. The van der Waals surface area contributed by atoms with E-state index in [1.807, 2.05) is 17.9 Å². The van der Waals surface area contributed by atoms with Crippen LogP contribution in [-0.4, -0.2) is 22.9 Å². The van der Waals surface area contributed by atoms with E-state index < -0.39 is 0 Å². The second-order valence-corrected chi connectivity index (χ2v) is 5.18. The van der Waals surface area contributed by atoms with Crippen molar-refractivity contribution in [1.29, 1.82) is 0 Å². The summed E-state index contributed by atoms with van der Waals surface area (Å²) >= 11 is 0. The largest absolute Gasteiger partial charge is 0.363 e. The highest BCUT2D eigenvalue weighted by Crippen LogP contribution is 2.28. The predicted molar refractivity (Wildman–Crippen MR) is 83.9 cm³/mol. The van der Waals surface area contributed by atoms with Crippen LogP contribution in [0.2, 0.25) is 0 Å². The van der Waals surface area contributed by atoms with Crippen molar-refractivity contribution in [2.75, 3.05) is 18.0 Å². The number of nitrogens with zero attached hydrogens (tertiary/aromatic N) is 3. The molecule has 0 saturated heterocycles. The number of rotatable bonds is 5. The van der Waals surface area contributed by atoms with Gasteiger partial charge in [0.15, 0.2) is 0 Å². The molecule has 1 atom stereocenters. The van der Waals surface area contributed by atoms with Crippen LogP contribution in [0.3, 0.4) is 0 Å². The van der Waals surface area contributed by atoms with Crippen molar-refractivity contribution < 1.29 is 0 Å². The fourth-order valence-corrected chi connectivity index (χ4v) is 2.58. The van der Waals surface area contributed by atoms with E-state index in [0.717, 1.165) is 6.54 Å². The Kier molecular flexibility index (Phi) is 4.45. The zero-order chi connectivity index (χ0) is 14.7. The summed E-state index contributed by atoms with van der Waals surface area (Å²) < 4.78 is 1.90. The maximum atomic E-state index is 6.05. The monoisotopic (exact) mass is 272 g/mol. The molecule has 0 amide bonds. The molecule has 0 aliphatic carbocycles. The predicted octanol–water partition coefficient (Wildman–Crippen LogP) is 2.56. The highest BCUT2D eigenvalue weighted by Gasteiger charge is 2.21. The van der Waals surface area contributed by atoms with E-state index in [1.54, 1.807) is 0 Å². The van der Waals surface area contributed by atoms with Crippen molar-refractivity contribution in [3.8, 4) is 0 Å². The molecule has 0 aliphatic rings. The maximum absolute atomic E-state index is 6.05. The quantitative estimate of drug-likeness (QED) is 0.910. The number of hydrogen-bond donors (Lipinski definition) is 1. The third-order valence-electron chi connectivity index (χ3n) is 3.94. The van der Waals surface area contributed by atoms with E-state index in [-0.39, 0.29) is 6.04 Å². The fraction of sp³-hybridized carbons (Fsp3) is 0.438. The van der Waals surface area contributed by atoms with Crippen molar-refractivity contribution in [3.05, 3.63) is 47.3 Å². The lowest BCUT2D eigenvalue weighted by Gasteiger charge is -2.32. The molecule has 1 aromatic carbocycles. The van der Waals surface area contributed by atoms with Crippen molar-refractivity contribution >= 4 is 5.69 Å². The molecule has 20 heavy (non-hydrogen) atoms. The second kappa shape index (κ2) is 6.09. The van der Waals surface area contributed by atoms with Gasteiger partial charge in [-0.15, -0.1) is 0 Å². The molecule has 108 valence electrons. The Hall–Kier alpha value is -1.81. The van der Waals surface area contributed by atoms with Crippen LogP contribution in [0.25, 0.3) is 0 Å². The van der Waals surface area contributed by atoms with Gasteiger partial charge in [0.05, 0.1) is 12.2 Å². The Morgan fingerprint density at radius 1 is 1.25 bits per heavy atom. The summed E-state index contributed by atoms with van der Waals surface area (Å²) in [6.07, 6.45) is 1.93. The van der Waals surface area contributed by atoms with Gasteiger partial charge in [-0.2, -0.15) is 5.10 Å². The van der Waals surface area contributed by atoms with E-state index in [4.69, 9.17) is 5.73 Å². The molecule has 0 radical (unpaired) electrons. The minimum Gasteiger partial charge on any atom is -0.363 e. The van der Waals surface area contributed by atoms with Crippen molar-refractivity contribution in [2.45, 2.75) is 26.8 Å². The number of benzene rings is 1. The van der Waals surface area contributed by atoms with Crippen LogP contribution in [0.15, 0.2) is 30.5 Å². The van der Waals surface area contributed by atoms with Crippen LogP contribution in [0, 0.1) is 13.8 Å². The standard InChI is InChI=1S/C16H24N4/c1-5-20(14-8-6-12(2)7-9-14)16(10-17)15-11-18-19(4)13(15)3/h6-9,11,16H,5,10,17H2,1-4H3. The van der Waals surface area contributed by atoms with Crippen LogP contribution in [-0.2, 0) is 7.05 Å². The molecule has 2 N–H and O–H groups in total. The molecule has 2 aromatic rings. The summed E-state index contributed by atoms with van der Waals surface area (Å²) in [6, 6.07) is 8.76. The lowest BCUT2D eigenvalue weighted by molar-refractivity contribution is 0.636. The Balaban J connectivity index is 2.37. The summed E-state index contributed by atoms with van der Waals surface area (Å²) in [5, 5.41) is 4.34. The average molecular weight is 272 g/mol. The van der Waals surface area contributed by atoms with Gasteiger partial charge in [0.2, 0.25) is 0 Å². The normalized spacial score (nSPS) is 12.4. The number of nitrogens with two attached hydrogens (primary N) is 1. The molecular weight excluding hydrogens is 248 g/mol. The third kappa shape index (κ3) is 2.70. The minimum atomic E-state index is 0.163. The highest BCUT2D eigenvalue weighted by atomic mass is 15.3. The first kappa shape index (κ1) is 14.6. The van der Waals surface area contributed by atoms with Crippen LogP contribution >= 0.6 is 0 Å². The van der Waals surface area contributed by atoms with Crippen LogP contribution in [0.1, 0.15) is 29.8 Å². The molecule has 4 heteroatoms. The highest BCUT2D eigenvalue weighted by molar-refractivity contribution is 5.50. The van der Waals surface area contributed by atoms with Gasteiger partial charge in [0, 0.05) is 37.1 Å². The number of hydrogen-bond acceptors (Lipinski definition) is 3. The van der Waals surface area contributed by atoms with E-state index in [2.05, 4.69) is 55.0 Å². The van der Waals surface area contributed by atoms with E-state index in [9.17, 15) is 0 Å². The Morgan fingerprint density at radius 2 is 1.90 bits per heavy atom. The van der Waals surface area contributed by atoms with Crippen molar-refractivity contribution in [2.24, 2.45) is 12.8 Å². The zero-order valence-electron chi connectivity index (χ0n) is 12.8. The molecular formula is C16H24N4. The number of aromatic nitrogens is 2. The van der Waals surface area contributed by atoms with Crippen LogP contribution < -0.4 is 10.6 Å². The molecule has 0 spiro atoms. The molecule has 2 rings (SSSR count). The van der Waals surface area contributed by atoms with Gasteiger partial charge in [-0.05, 0) is 32.9 Å². The van der Waals surface area contributed by atoms with Gasteiger partial charge >= 0.3 is 0 Å². The summed E-state index contributed by atoms with van der Waals surface area (Å²) in [5.74, 6) is 0. The lowest BCUT2D eigenvalue weighted by atomic mass is 10.1. The molecule has 0 bridgehead atoms. The second-order valence-electron chi connectivity index (χ2n) is 5.18. The summed E-state index contributed by atoms with van der Waals surface area (Å²) in [4.78, 5) is 2.34. The Bertz CT molecular complexity index is 556. The summed E-state index contributed by atoms with van der Waals surface area (Å²) in [6.45, 7) is 7.85. The molecule has 4 nitrogen and oxygen atoms in total. The summed E-state index contributed by atoms with van der Waals surface area (Å²) in [7, 11) is 1.97. The Labute approximate surface area is 121 Å². The van der Waals surface area contributed by atoms with Gasteiger partial charge in [-0.3, -0.25) is 4.68 Å². The average Bonchev–Trinajstić information content (AvgIpc) is 2.78. The van der Waals surface area contributed by atoms with Crippen LogP contribution in [0.5, 0.6) is 0 Å². The lowest BCUT2D eigenvalue weighted by Crippen LogP contribution is -2.34. The minimum absolute atomic E-state index is 0.163. The molecule has 0 saturated carbocycles. The zero-order valence-corrected chi connectivity index (χ0v) is 12.8. The first-order valence-corrected chi connectivity index (χ1v) is 7.10. The molecule has 1 unspecified atom stereocenters. The first-order chi connectivity index (χ1) is 9.58. The van der Waals surface area contributed by atoms with Crippen molar-refractivity contribution in [1.82, 2.24) is 9.78 Å². The fourth-order valence-electron chi connectivity index (χ4n) is 2.58. The maximum Gasteiger partial charge on any atom is 0.0698 e. The Morgan fingerprint density at radius 3 is 2.35 bits per heavy atom. The first-order valence-electron chi connectivity index (χ1n) is 7.10. The van der Waals surface area contributed by atoms with E-state index in [1.165, 1.54) is 22.5 Å². The van der Waals surface area contributed by atoms with Gasteiger partial charge < -0.3 is 10.6 Å². The smallest absolute Gasteiger partial charge is 0.0698 e. The summed E-state index contributed by atoms with van der Waals surface area (Å²) in [5.41, 5.74) is 10.9. The van der Waals surface area contributed by atoms with E-state index in [0.29, 0.717) is 6.54 Å². The van der Waals surface area contributed by atoms with Gasteiger partial charge in [-0.25, -0.2) is 0 Å². The van der Waals surface area contributed by atoms with E-state index >= 15 is 0 Å². The molecule has 0 aliphatic heterocycles. The molecule has 1 heterocycles. The van der Waals surface area contributed by atoms with Gasteiger partial charge in [-0.1, -0.05) is 17.7 Å². The van der Waals surface area contributed by atoms with Gasteiger partial charge in [0.1, 0.15) is 0 Å².